The molecule has 0 spiro atoms. The van der Waals surface area contributed by atoms with E-state index >= 15 is 0 Å². The molecule has 2 aliphatic carbocycles. The largest absolute Gasteiger partial charge is 0.497 e. The maximum atomic E-state index is 12.8. The summed E-state index contributed by atoms with van der Waals surface area (Å²) in [7, 11) is 1.70. The van der Waals surface area contributed by atoms with Gasteiger partial charge in [-0.15, -0.1) is 0 Å². The molecule has 0 radical (unpaired) electrons. The number of ether oxygens (including phenoxy) is 1. The number of aryl methyl sites for hydroxylation is 2. The second-order valence-electron chi connectivity index (χ2n) is 8.77. The van der Waals surface area contributed by atoms with Crippen molar-refractivity contribution in [1.82, 2.24) is 15.1 Å². The number of nitrogens with zero attached hydrogens (tertiary/aromatic N) is 2. The molecule has 1 N–H and O–H groups in total. The van der Waals surface area contributed by atoms with Crippen LogP contribution in [0.15, 0.2) is 24.3 Å². The van der Waals surface area contributed by atoms with E-state index < -0.39 is 0 Å². The number of amides is 1. The number of hydrogen-bond donors (Lipinski definition) is 1. The second kappa shape index (κ2) is 8.21. The van der Waals surface area contributed by atoms with Crippen LogP contribution >= 0.6 is 0 Å². The minimum atomic E-state index is 0.141. The zero-order valence-corrected chi connectivity index (χ0v) is 18.1. The van der Waals surface area contributed by atoms with Crippen molar-refractivity contribution in [3.05, 3.63) is 46.8 Å². The van der Waals surface area contributed by atoms with Gasteiger partial charge in [-0.2, -0.15) is 5.10 Å². The summed E-state index contributed by atoms with van der Waals surface area (Å²) in [6.45, 7) is 6.83. The normalized spacial score (nSPS) is 25.8. The quantitative estimate of drug-likeness (QED) is 0.794. The molecule has 2 fully saturated rings. The lowest BCUT2D eigenvalue weighted by molar-refractivity contribution is -0.125. The third-order valence-corrected chi connectivity index (χ3v) is 7.31. The first kappa shape index (κ1) is 20.0. The summed E-state index contributed by atoms with van der Waals surface area (Å²) < 4.78 is 7.28. The van der Waals surface area contributed by atoms with Crippen LogP contribution in [0.3, 0.4) is 0 Å². The summed E-state index contributed by atoms with van der Waals surface area (Å²) >= 11 is 0. The molecular formula is C24H33N3O2. The Kier molecular flexibility index (Phi) is 5.66. The highest BCUT2D eigenvalue weighted by Crippen LogP contribution is 2.54. The Morgan fingerprint density at radius 1 is 1.14 bits per heavy atom. The predicted octanol–water partition coefficient (Wildman–Crippen LogP) is 4.30. The maximum absolute atomic E-state index is 12.8. The molecule has 2 saturated carbocycles. The van der Waals surface area contributed by atoms with Gasteiger partial charge in [0.25, 0.3) is 0 Å². The molecule has 156 valence electrons. The average Bonchev–Trinajstić information content (AvgIpc) is 2.98. The van der Waals surface area contributed by atoms with Crippen molar-refractivity contribution in [3.8, 4) is 5.75 Å². The summed E-state index contributed by atoms with van der Waals surface area (Å²) in [6, 6.07) is 8.67. The van der Waals surface area contributed by atoms with Gasteiger partial charge in [-0.1, -0.05) is 25.0 Å². The molecule has 2 aliphatic rings. The van der Waals surface area contributed by atoms with Gasteiger partial charge in [0.2, 0.25) is 5.91 Å². The first-order chi connectivity index (χ1) is 14.0. The predicted molar refractivity (Wildman–Crippen MR) is 114 cm³/mol. The van der Waals surface area contributed by atoms with E-state index in [1.807, 2.05) is 23.7 Å². The summed E-state index contributed by atoms with van der Waals surface area (Å²) in [6.07, 6.45) is 5.59. The summed E-state index contributed by atoms with van der Waals surface area (Å²) in [4.78, 5) is 12.8. The molecule has 2 aromatic rings. The topological polar surface area (TPSA) is 56.1 Å². The van der Waals surface area contributed by atoms with Crippen LogP contribution in [0.5, 0.6) is 5.75 Å². The van der Waals surface area contributed by atoms with Crippen LogP contribution in [0.1, 0.15) is 60.5 Å². The third-order valence-electron chi connectivity index (χ3n) is 7.31. The molecule has 1 heterocycles. The molecule has 29 heavy (non-hydrogen) atoms. The van der Waals surface area contributed by atoms with Gasteiger partial charge in [0, 0.05) is 30.6 Å². The molecule has 1 aromatic heterocycles. The number of hydrogen-bond acceptors (Lipinski definition) is 3. The van der Waals surface area contributed by atoms with Crippen molar-refractivity contribution in [1.29, 1.82) is 0 Å². The highest BCUT2D eigenvalue weighted by Gasteiger charge is 2.51. The van der Waals surface area contributed by atoms with Gasteiger partial charge in [0.1, 0.15) is 5.75 Å². The van der Waals surface area contributed by atoms with Gasteiger partial charge < -0.3 is 10.1 Å². The molecule has 4 atom stereocenters. The van der Waals surface area contributed by atoms with Gasteiger partial charge in [-0.25, -0.2) is 0 Å². The Labute approximate surface area is 173 Å². The number of benzene rings is 1. The van der Waals surface area contributed by atoms with Gasteiger partial charge in [-0.3, -0.25) is 9.48 Å². The van der Waals surface area contributed by atoms with Crippen molar-refractivity contribution in [2.45, 2.75) is 71.4 Å². The standard InChI is InChI=1S/C24H33N3O2/c1-15-16(2)26-27(17(15)3)14-13-22(28)25-24-21-8-6-5-7-20(21)23(24)18-9-11-19(29-4)12-10-18/h9-12,20-21,23-24H,5-8,13-14H2,1-4H3,(H,25,28)/t20-,21+,23+,24+/m1/s1. The Bertz CT molecular complexity index is 871. The van der Waals surface area contributed by atoms with E-state index in [1.165, 1.54) is 36.8 Å². The van der Waals surface area contributed by atoms with Crippen LogP contribution in [0.25, 0.3) is 0 Å². The molecule has 5 heteroatoms. The van der Waals surface area contributed by atoms with Crippen LogP contribution in [-0.2, 0) is 11.3 Å². The zero-order valence-electron chi connectivity index (χ0n) is 18.1. The first-order valence-corrected chi connectivity index (χ1v) is 10.9. The van der Waals surface area contributed by atoms with E-state index in [4.69, 9.17) is 4.74 Å². The van der Waals surface area contributed by atoms with Crippen molar-refractivity contribution < 1.29 is 9.53 Å². The SMILES string of the molecule is COc1ccc([C@H]2[C@@H]3CCCC[C@@H]3[C@@H]2NC(=O)CCn2nc(C)c(C)c2C)cc1. The summed E-state index contributed by atoms with van der Waals surface area (Å²) in [5.41, 5.74) is 4.75. The fraction of sp³-hybridized carbons (Fsp3) is 0.583. The molecular weight excluding hydrogens is 362 g/mol. The van der Waals surface area contributed by atoms with Crippen molar-refractivity contribution in [2.24, 2.45) is 11.8 Å². The van der Waals surface area contributed by atoms with E-state index in [0.29, 0.717) is 30.7 Å². The third kappa shape index (κ3) is 3.79. The highest BCUT2D eigenvalue weighted by atomic mass is 16.5. The zero-order chi connectivity index (χ0) is 20.5. The number of nitrogens with one attached hydrogen (secondary N) is 1. The lowest BCUT2D eigenvalue weighted by Gasteiger charge is -2.55. The lowest BCUT2D eigenvalue weighted by Crippen LogP contribution is -2.59. The van der Waals surface area contributed by atoms with Crippen LogP contribution in [0.4, 0.5) is 0 Å². The molecule has 1 amide bonds. The molecule has 4 rings (SSSR count). The van der Waals surface area contributed by atoms with E-state index in [-0.39, 0.29) is 11.9 Å². The van der Waals surface area contributed by atoms with Gasteiger partial charge in [0.05, 0.1) is 12.8 Å². The number of methoxy groups -OCH3 is 1. The van der Waals surface area contributed by atoms with Gasteiger partial charge >= 0.3 is 0 Å². The van der Waals surface area contributed by atoms with Crippen LogP contribution in [0.2, 0.25) is 0 Å². The minimum absolute atomic E-state index is 0.141. The number of fused-ring (bicyclic) bond motifs is 1. The van der Waals surface area contributed by atoms with Crippen LogP contribution in [-0.4, -0.2) is 28.8 Å². The second-order valence-corrected chi connectivity index (χ2v) is 8.77. The Balaban J connectivity index is 1.43. The molecule has 5 nitrogen and oxygen atoms in total. The highest BCUT2D eigenvalue weighted by molar-refractivity contribution is 5.76. The number of carbonyl (C=O) groups is 1. The molecule has 1 aromatic carbocycles. The Morgan fingerprint density at radius 2 is 1.83 bits per heavy atom. The van der Waals surface area contributed by atoms with Crippen LogP contribution in [0, 0.1) is 32.6 Å². The van der Waals surface area contributed by atoms with Gasteiger partial charge in [-0.05, 0) is 68.7 Å². The van der Waals surface area contributed by atoms with Crippen molar-refractivity contribution >= 4 is 5.91 Å². The van der Waals surface area contributed by atoms with E-state index in [9.17, 15) is 4.79 Å². The first-order valence-electron chi connectivity index (χ1n) is 10.9. The fourth-order valence-corrected chi connectivity index (χ4v) is 5.41. The molecule has 0 saturated heterocycles. The van der Waals surface area contributed by atoms with E-state index in [1.54, 1.807) is 7.11 Å². The number of carbonyl (C=O) groups excluding carboxylic acids is 1. The Morgan fingerprint density at radius 3 is 2.45 bits per heavy atom. The summed E-state index contributed by atoms with van der Waals surface area (Å²) in [5, 5.41) is 7.96. The van der Waals surface area contributed by atoms with E-state index in [0.717, 1.165) is 17.1 Å². The smallest absolute Gasteiger partial charge is 0.222 e. The fourth-order valence-electron chi connectivity index (χ4n) is 5.41. The minimum Gasteiger partial charge on any atom is -0.497 e. The number of rotatable bonds is 6. The maximum Gasteiger partial charge on any atom is 0.222 e. The molecule has 0 unspecified atom stereocenters. The molecule has 0 bridgehead atoms. The number of aromatic nitrogens is 2. The monoisotopic (exact) mass is 395 g/mol. The summed E-state index contributed by atoms with van der Waals surface area (Å²) in [5.74, 6) is 2.76. The lowest BCUT2D eigenvalue weighted by atomic mass is 9.53. The van der Waals surface area contributed by atoms with Crippen LogP contribution < -0.4 is 10.1 Å². The van der Waals surface area contributed by atoms with E-state index in [2.05, 4.69) is 36.4 Å². The van der Waals surface area contributed by atoms with Gasteiger partial charge in [0.15, 0.2) is 0 Å². The molecule has 0 aliphatic heterocycles. The van der Waals surface area contributed by atoms with Crippen molar-refractivity contribution in [3.63, 3.8) is 0 Å². The average molecular weight is 396 g/mol. The Hall–Kier alpha value is -2.30. The van der Waals surface area contributed by atoms with Crippen molar-refractivity contribution in [2.75, 3.05) is 7.11 Å².